The second-order valence-electron chi connectivity index (χ2n) is 4.89. The molecule has 0 spiro atoms. The van der Waals surface area contributed by atoms with Gasteiger partial charge in [-0.05, 0) is 18.6 Å². The standard InChI is InChI=1S/C14H22N2O3S/c1-2-3-12-20(17,18)15-13-6-4-5-7-14(13)16-8-10-19-11-9-16/h4-7,15H,2-3,8-12H2,1H3. The van der Waals surface area contributed by atoms with E-state index in [4.69, 9.17) is 4.74 Å². The van der Waals surface area contributed by atoms with E-state index in [2.05, 4.69) is 9.62 Å². The molecule has 5 nitrogen and oxygen atoms in total. The highest BCUT2D eigenvalue weighted by atomic mass is 32.2. The molecule has 1 fully saturated rings. The highest BCUT2D eigenvalue weighted by molar-refractivity contribution is 7.92. The van der Waals surface area contributed by atoms with Gasteiger partial charge in [-0.2, -0.15) is 0 Å². The molecule has 1 aromatic rings. The van der Waals surface area contributed by atoms with E-state index < -0.39 is 10.0 Å². The van der Waals surface area contributed by atoms with E-state index in [1.165, 1.54) is 0 Å². The largest absolute Gasteiger partial charge is 0.378 e. The summed E-state index contributed by atoms with van der Waals surface area (Å²) in [6.07, 6.45) is 1.54. The molecular formula is C14H22N2O3S. The smallest absolute Gasteiger partial charge is 0.232 e. The Morgan fingerprint density at radius 2 is 1.95 bits per heavy atom. The van der Waals surface area contributed by atoms with Gasteiger partial charge < -0.3 is 9.64 Å². The van der Waals surface area contributed by atoms with Crippen LogP contribution in [-0.2, 0) is 14.8 Å². The monoisotopic (exact) mass is 298 g/mol. The molecule has 1 N–H and O–H groups in total. The first-order chi connectivity index (χ1) is 9.62. The molecule has 1 aliphatic heterocycles. The molecule has 1 saturated heterocycles. The number of morpholine rings is 1. The summed E-state index contributed by atoms with van der Waals surface area (Å²) in [7, 11) is -3.27. The summed E-state index contributed by atoms with van der Waals surface area (Å²) in [6, 6.07) is 7.54. The maximum Gasteiger partial charge on any atom is 0.232 e. The molecule has 0 radical (unpaired) electrons. The Bertz CT molecular complexity index is 525. The second kappa shape index (κ2) is 6.95. The first-order valence-electron chi connectivity index (χ1n) is 7.04. The van der Waals surface area contributed by atoms with Crippen LogP contribution in [0, 0.1) is 0 Å². The summed E-state index contributed by atoms with van der Waals surface area (Å²) in [5, 5.41) is 0. The topological polar surface area (TPSA) is 58.6 Å². The van der Waals surface area contributed by atoms with Crippen molar-refractivity contribution in [1.29, 1.82) is 0 Å². The van der Waals surface area contributed by atoms with Gasteiger partial charge in [0, 0.05) is 13.1 Å². The van der Waals surface area contributed by atoms with Gasteiger partial charge in [-0.1, -0.05) is 25.5 Å². The molecule has 112 valence electrons. The fourth-order valence-corrected chi connectivity index (χ4v) is 3.47. The highest BCUT2D eigenvalue weighted by Crippen LogP contribution is 2.27. The first-order valence-corrected chi connectivity index (χ1v) is 8.70. The van der Waals surface area contributed by atoms with Gasteiger partial charge in [0.15, 0.2) is 0 Å². The number of rotatable bonds is 6. The second-order valence-corrected chi connectivity index (χ2v) is 6.73. The number of nitrogens with one attached hydrogen (secondary N) is 1. The molecule has 0 aliphatic carbocycles. The summed E-state index contributed by atoms with van der Waals surface area (Å²) in [4.78, 5) is 2.15. The molecule has 0 atom stereocenters. The molecule has 0 unspecified atom stereocenters. The lowest BCUT2D eigenvalue weighted by atomic mass is 10.2. The minimum atomic E-state index is -3.27. The summed E-state index contributed by atoms with van der Waals surface area (Å²) >= 11 is 0. The van der Waals surface area contributed by atoms with E-state index in [9.17, 15) is 8.42 Å². The molecule has 20 heavy (non-hydrogen) atoms. The van der Waals surface area contributed by atoms with Crippen molar-refractivity contribution in [1.82, 2.24) is 0 Å². The fourth-order valence-electron chi connectivity index (χ4n) is 2.19. The molecule has 2 rings (SSSR count). The zero-order valence-corrected chi connectivity index (χ0v) is 12.7. The van der Waals surface area contributed by atoms with Crippen molar-refractivity contribution < 1.29 is 13.2 Å². The van der Waals surface area contributed by atoms with E-state index in [0.29, 0.717) is 25.3 Å². The van der Waals surface area contributed by atoms with Crippen molar-refractivity contribution in [2.45, 2.75) is 19.8 Å². The van der Waals surface area contributed by atoms with Crippen molar-refractivity contribution in [3.05, 3.63) is 24.3 Å². The quantitative estimate of drug-likeness (QED) is 0.873. The van der Waals surface area contributed by atoms with Crippen LogP contribution in [-0.4, -0.2) is 40.5 Å². The zero-order chi connectivity index (χ0) is 14.4. The van der Waals surface area contributed by atoms with Gasteiger partial charge in [0.05, 0.1) is 30.3 Å². The van der Waals surface area contributed by atoms with Crippen LogP contribution in [0.15, 0.2) is 24.3 Å². The zero-order valence-electron chi connectivity index (χ0n) is 11.8. The number of nitrogens with zero attached hydrogens (tertiary/aromatic N) is 1. The minimum absolute atomic E-state index is 0.168. The first kappa shape index (κ1) is 15.1. The van der Waals surface area contributed by atoms with E-state index in [1.807, 2.05) is 31.2 Å². The highest BCUT2D eigenvalue weighted by Gasteiger charge is 2.17. The third kappa shape index (κ3) is 4.11. The predicted octanol–water partition coefficient (Wildman–Crippen LogP) is 2.06. The van der Waals surface area contributed by atoms with Crippen molar-refractivity contribution in [2.75, 3.05) is 41.7 Å². The van der Waals surface area contributed by atoms with E-state index >= 15 is 0 Å². The Kier molecular flexibility index (Phi) is 5.25. The number of anilines is 2. The van der Waals surface area contributed by atoms with Gasteiger partial charge in [-0.25, -0.2) is 8.42 Å². The predicted molar refractivity (Wildman–Crippen MR) is 81.8 cm³/mol. The van der Waals surface area contributed by atoms with Crippen LogP contribution < -0.4 is 9.62 Å². The van der Waals surface area contributed by atoms with Gasteiger partial charge in [0.25, 0.3) is 0 Å². The Morgan fingerprint density at radius 3 is 2.65 bits per heavy atom. The third-order valence-electron chi connectivity index (χ3n) is 3.29. The molecule has 0 bridgehead atoms. The number of unbranched alkanes of at least 4 members (excludes halogenated alkanes) is 1. The molecule has 1 aliphatic rings. The number of ether oxygens (including phenoxy) is 1. The summed E-state index contributed by atoms with van der Waals surface area (Å²) < 4.78 is 32.1. The van der Waals surface area contributed by atoms with Gasteiger partial charge in [-0.3, -0.25) is 4.72 Å². The van der Waals surface area contributed by atoms with Crippen LogP contribution in [0.5, 0.6) is 0 Å². The maximum absolute atomic E-state index is 12.0. The molecule has 0 saturated carbocycles. The summed E-state index contributed by atoms with van der Waals surface area (Å²) in [5.41, 5.74) is 1.58. The SMILES string of the molecule is CCCCS(=O)(=O)Nc1ccccc1N1CCOCC1. The van der Waals surface area contributed by atoms with Crippen LogP contribution in [0.3, 0.4) is 0 Å². The number of sulfonamides is 1. The van der Waals surface area contributed by atoms with Crippen molar-refractivity contribution >= 4 is 21.4 Å². The Hall–Kier alpha value is -1.27. The van der Waals surface area contributed by atoms with Crippen LogP contribution in [0.25, 0.3) is 0 Å². The number of hydrogen-bond acceptors (Lipinski definition) is 4. The molecule has 0 aromatic heterocycles. The van der Waals surface area contributed by atoms with Gasteiger partial charge >= 0.3 is 0 Å². The van der Waals surface area contributed by atoms with Gasteiger partial charge in [0.2, 0.25) is 10.0 Å². The van der Waals surface area contributed by atoms with E-state index in [-0.39, 0.29) is 5.75 Å². The number of benzene rings is 1. The maximum atomic E-state index is 12.0. The van der Waals surface area contributed by atoms with Crippen LogP contribution >= 0.6 is 0 Å². The lowest BCUT2D eigenvalue weighted by Crippen LogP contribution is -2.36. The summed E-state index contributed by atoms with van der Waals surface area (Å²) in [5.74, 6) is 0.168. The van der Waals surface area contributed by atoms with Gasteiger partial charge in [-0.15, -0.1) is 0 Å². The summed E-state index contributed by atoms with van der Waals surface area (Å²) in [6.45, 7) is 4.91. The molecule has 1 heterocycles. The van der Waals surface area contributed by atoms with Crippen LogP contribution in [0.1, 0.15) is 19.8 Å². The minimum Gasteiger partial charge on any atom is -0.378 e. The van der Waals surface area contributed by atoms with Crippen LogP contribution in [0.4, 0.5) is 11.4 Å². The van der Waals surface area contributed by atoms with Crippen molar-refractivity contribution in [2.24, 2.45) is 0 Å². The van der Waals surface area contributed by atoms with Crippen LogP contribution in [0.2, 0.25) is 0 Å². The average molecular weight is 298 g/mol. The van der Waals surface area contributed by atoms with Crippen molar-refractivity contribution in [3.8, 4) is 0 Å². The normalized spacial score (nSPS) is 16.1. The lowest BCUT2D eigenvalue weighted by Gasteiger charge is -2.30. The van der Waals surface area contributed by atoms with Gasteiger partial charge in [0.1, 0.15) is 0 Å². The molecule has 0 amide bonds. The Labute approximate surface area is 121 Å². The Balaban J connectivity index is 2.15. The van der Waals surface area contributed by atoms with Crippen molar-refractivity contribution in [3.63, 3.8) is 0 Å². The van der Waals surface area contributed by atoms with E-state index in [1.54, 1.807) is 0 Å². The molecular weight excluding hydrogens is 276 g/mol. The van der Waals surface area contributed by atoms with E-state index in [0.717, 1.165) is 25.2 Å². The molecule has 1 aromatic carbocycles. The lowest BCUT2D eigenvalue weighted by molar-refractivity contribution is 0.123. The number of hydrogen-bond donors (Lipinski definition) is 1. The average Bonchev–Trinajstić information content (AvgIpc) is 2.46. The number of para-hydroxylation sites is 2. The molecule has 6 heteroatoms. The third-order valence-corrected chi connectivity index (χ3v) is 4.64. The fraction of sp³-hybridized carbons (Fsp3) is 0.571. The Morgan fingerprint density at radius 1 is 1.25 bits per heavy atom.